The van der Waals surface area contributed by atoms with Crippen LogP contribution in [-0.4, -0.2) is 26.2 Å². The van der Waals surface area contributed by atoms with Gasteiger partial charge in [-0.25, -0.2) is 4.79 Å². The monoisotopic (exact) mass is 233 g/mol. The highest BCUT2D eigenvalue weighted by atomic mass is 16.5. The van der Waals surface area contributed by atoms with Crippen molar-refractivity contribution in [2.24, 2.45) is 0 Å². The molecule has 1 aliphatic rings. The van der Waals surface area contributed by atoms with Crippen molar-refractivity contribution < 1.29 is 9.53 Å². The fourth-order valence-corrected chi connectivity index (χ4v) is 2.31. The molecule has 0 aromatic heterocycles. The molecule has 17 heavy (non-hydrogen) atoms. The number of benzene rings is 1. The molecule has 2 rings (SSSR count). The number of carbonyl (C=O) groups excluding carboxylic acids is 1. The second-order valence-corrected chi connectivity index (χ2v) is 4.51. The highest BCUT2D eigenvalue weighted by Crippen LogP contribution is 2.23. The number of rotatable bonds is 2. The summed E-state index contributed by atoms with van der Waals surface area (Å²) < 4.78 is 4.69. The molecule has 0 spiro atoms. The third-order valence-electron chi connectivity index (χ3n) is 3.35. The molecule has 3 heteroatoms. The Morgan fingerprint density at radius 3 is 2.76 bits per heavy atom. The Kier molecular flexibility index (Phi) is 4.15. The lowest BCUT2D eigenvalue weighted by Crippen LogP contribution is -2.19. The van der Waals surface area contributed by atoms with E-state index in [4.69, 9.17) is 4.74 Å². The van der Waals surface area contributed by atoms with Gasteiger partial charge < -0.3 is 10.1 Å². The summed E-state index contributed by atoms with van der Waals surface area (Å²) in [7, 11) is 1.41. The van der Waals surface area contributed by atoms with Crippen LogP contribution in [0, 0.1) is 0 Å². The first kappa shape index (κ1) is 12.1. The molecule has 3 nitrogen and oxygen atoms in total. The van der Waals surface area contributed by atoms with Crippen molar-refractivity contribution in [3.05, 3.63) is 35.4 Å². The summed E-state index contributed by atoms with van der Waals surface area (Å²) in [4.78, 5) is 11.3. The summed E-state index contributed by atoms with van der Waals surface area (Å²) in [6.45, 7) is 2.16. The zero-order valence-electron chi connectivity index (χ0n) is 10.2. The molecule has 0 aliphatic carbocycles. The van der Waals surface area contributed by atoms with Crippen LogP contribution in [0.4, 0.5) is 0 Å². The summed E-state index contributed by atoms with van der Waals surface area (Å²) in [6, 6.07) is 7.80. The van der Waals surface area contributed by atoms with Crippen LogP contribution >= 0.6 is 0 Å². The highest BCUT2D eigenvalue weighted by Gasteiger charge is 2.14. The van der Waals surface area contributed by atoms with Crippen LogP contribution < -0.4 is 5.32 Å². The number of nitrogens with one attached hydrogen (secondary N) is 1. The fourth-order valence-electron chi connectivity index (χ4n) is 2.31. The highest BCUT2D eigenvalue weighted by molar-refractivity contribution is 5.89. The van der Waals surface area contributed by atoms with Crippen molar-refractivity contribution in [1.82, 2.24) is 5.32 Å². The molecule has 0 bridgehead atoms. The maximum Gasteiger partial charge on any atom is 0.337 e. The number of hydrogen-bond acceptors (Lipinski definition) is 3. The van der Waals surface area contributed by atoms with Crippen LogP contribution in [0.15, 0.2) is 24.3 Å². The number of methoxy groups -OCH3 is 1. The first-order chi connectivity index (χ1) is 8.31. The van der Waals surface area contributed by atoms with Gasteiger partial charge in [-0.3, -0.25) is 0 Å². The first-order valence-corrected chi connectivity index (χ1v) is 6.20. The van der Waals surface area contributed by atoms with E-state index in [1.807, 2.05) is 24.3 Å². The molecular weight excluding hydrogens is 214 g/mol. The predicted molar refractivity (Wildman–Crippen MR) is 67.2 cm³/mol. The van der Waals surface area contributed by atoms with Gasteiger partial charge in [-0.1, -0.05) is 18.6 Å². The second kappa shape index (κ2) is 5.82. The van der Waals surface area contributed by atoms with Crippen molar-refractivity contribution in [1.29, 1.82) is 0 Å². The summed E-state index contributed by atoms with van der Waals surface area (Å²) in [6.07, 6.45) is 3.76. The smallest absolute Gasteiger partial charge is 0.337 e. The van der Waals surface area contributed by atoms with Gasteiger partial charge in [0.1, 0.15) is 0 Å². The Morgan fingerprint density at radius 2 is 2.06 bits per heavy atom. The van der Waals surface area contributed by atoms with E-state index in [9.17, 15) is 4.79 Å². The predicted octanol–water partition coefficient (Wildman–Crippen LogP) is 2.33. The standard InChI is InChI=1S/C14H19NO2/c1-17-14(16)12-7-5-11(6-8-12)13-4-2-3-9-15-10-13/h5-8,13,15H,2-4,9-10H2,1H3/t13-/m0/s1. The van der Waals surface area contributed by atoms with Gasteiger partial charge in [0.15, 0.2) is 0 Å². The summed E-state index contributed by atoms with van der Waals surface area (Å²) >= 11 is 0. The van der Waals surface area contributed by atoms with E-state index in [0.717, 1.165) is 13.1 Å². The van der Waals surface area contributed by atoms with Crippen LogP contribution in [0.2, 0.25) is 0 Å². The lowest BCUT2D eigenvalue weighted by molar-refractivity contribution is 0.0600. The molecule has 0 unspecified atom stereocenters. The molecule has 0 saturated carbocycles. The van der Waals surface area contributed by atoms with Crippen molar-refractivity contribution in [3.63, 3.8) is 0 Å². The Hall–Kier alpha value is -1.35. The molecule has 1 atom stereocenters. The van der Waals surface area contributed by atoms with E-state index in [1.54, 1.807) is 0 Å². The maximum absolute atomic E-state index is 11.3. The minimum atomic E-state index is -0.268. The van der Waals surface area contributed by atoms with Crippen molar-refractivity contribution >= 4 is 5.97 Å². The first-order valence-electron chi connectivity index (χ1n) is 6.20. The molecule has 1 fully saturated rings. The molecule has 1 saturated heterocycles. The Balaban J connectivity index is 2.08. The quantitative estimate of drug-likeness (QED) is 0.797. The third kappa shape index (κ3) is 3.07. The van der Waals surface area contributed by atoms with E-state index in [0.29, 0.717) is 11.5 Å². The Bertz CT molecular complexity index is 364. The average molecular weight is 233 g/mol. The van der Waals surface area contributed by atoms with Gasteiger partial charge in [0.05, 0.1) is 12.7 Å². The lowest BCUT2D eigenvalue weighted by Gasteiger charge is -2.14. The minimum absolute atomic E-state index is 0.268. The SMILES string of the molecule is COC(=O)c1ccc([C@H]2CCCCNC2)cc1. The minimum Gasteiger partial charge on any atom is -0.465 e. The van der Waals surface area contributed by atoms with Crippen molar-refractivity contribution in [2.75, 3.05) is 20.2 Å². The van der Waals surface area contributed by atoms with Crippen LogP contribution in [0.25, 0.3) is 0 Å². The molecule has 0 radical (unpaired) electrons. The van der Waals surface area contributed by atoms with Gasteiger partial charge in [0.2, 0.25) is 0 Å². The van der Waals surface area contributed by atoms with Crippen LogP contribution in [-0.2, 0) is 4.74 Å². The average Bonchev–Trinajstić information content (AvgIpc) is 2.67. The normalized spacial score (nSPS) is 20.6. The van der Waals surface area contributed by atoms with E-state index in [2.05, 4.69) is 5.32 Å². The maximum atomic E-state index is 11.3. The van der Waals surface area contributed by atoms with Crippen LogP contribution in [0.1, 0.15) is 41.1 Å². The molecule has 0 amide bonds. The van der Waals surface area contributed by atoms with Crippen LogP contribution in [0.5, 0.6) is 0 Å². The number of hydrogen-bond donors (Lipinski definition) is 1. The van der Waals surface area contributed by atoms with Gasteiger partial charge in [-0.05, 0) is 43.0 Å². The van der Waals surface area contributed by atoms with Gasteiger partial charge in [-0.15, -0.1) is 0 Å². The van der Waals surface area contributed by atoms with Crippen molar-refractivity contribution in [2.45, 2.75) is 25.2 Å². The third-order valence-corrected chi connectivity index (χ3v) is 3.35. The van der Waals surface area contributed by atoms with Gasteiger partial charge in [0, 0.05) is 6.54 Å². The molecule has 1 aromatic rings. The molecule has 1 heterocycles. The summed E-state index contributed by atoms with van der Waals surface area (Å²) in [5, 5.41) is 3.45. The van der Waals surface area contributed by atoms with Gasteiger partial charge >= 0.3 is 5.97 Å². The lowest BCUT2D eigenvalue weighted by atomic mass is 9.94. The molecular formula is C14H19NO2. The summed E-state index contributed by atoms with van der Waals surface area (Å²) in [5.74, 6) is 0.305. The van der Waals surface area contributed by atoms with E-state index >= 15 is 0 Å². The van der Waals surface area contributed by atoms with E-state index < -0.39 is 0 Å². The fraction of sp³-hybridized carbons (Fsp3) is 0.500. The zero-order chi connectivity index (χ0) is 12.1. The summed E-state index contributed by atoms with van der Waals surface area (Å²) in [5.41, 5.74) is 1.94. The largest absolute Gasteiger partial charge is 0.465 e. The molecule has 1 aromatic carbocycles. The van der Waals surface area contributed by atoms with E-state index in [1.165, 1.54) is 31.9 Å². The number of carbonyl (C=O) groups is 1. The Labute approximate surface area is 102 Å². The molecule has 92 valence electrons. The van der Waals surface area contributed by atoms with Gasteiger partial charge in [-0.2, -0.15) is 0 Å². The van der Waals surface area contributed by atoms with Crippen LogP contribution in [0.3, 0.4) is 0 Å². The second-order valence-electron chi connectivity index (χ2n) is 4.51. The number of ether oxygens (including phenoxy) is 1. The zero-order valence-corrected chi connectivity index (χ0v) is 10.2. The van der Waals surface area contributed by atoms with Gasteiger partial charge in [0.25, 0.3) is 0 Å². The van der Waals surface area contributed by atoms with Crippen molar-refractivity contribution in [3.8, 4) is 0 Å². The molecule has 1 N–H and O–H groups in total. The Morgan fingerprint density at radius 1 is 1.29 bits per heavy atom. The topological polar surface area (TPSA) is 38.3 Å². The number of esters is 1. The van der Waals surface area contributed by atoms with E-state index in [-0.39, 0.29) is 5.97 Å². The molecule has 1 aliphatic heterocycles.